The molecular formula is C24H22. The third kappa shape index (κ3) is 1.69. The molecule has 0 saturated carbocycles. The number of rotatable bonds is 1. The maximum atomic E-state index is 2.46. The average Bonchev–Trinajstić information content (AvgIpc) is 2.78. The maximum Gasteiger partial charge on any atom is 0.0435 e. The fraction of sp³-hybridized carbons (Fsp3) is 0.250. The summed E-state index contributed by atoms with van der Waals surface area (Å²) in [7, 11) is 0. The van der Waals surface area contributed by atoms with Gasteiger partial charge in [0.1, 0.15) is 0 Å². The van der Waals surface area contributed by atoms with E-state index in [1.54, 1.807) is 5.56 Å². The van der Waals surface area contributed by atoms with Crippen molar-refractivity contribution in [1.82, 2.24) is 0 Å². The molecule has 0 saturated heterocycles. The van der Waals surface area contributed by atoms with E-state index in [4.69, 9.17) is 0 Å². The van der Waals surface area contributed by atoms with Gasteiger partial charge in [0.05, 0.1) is 0 Å². The molecule has 3 aromatic carbocycles. The van der Waals surface area contributed by atoms with Gasteiger partial charge in [-0.05, 0) is 72.6 Å². The fourth-order valence-corrected chi connectivity index (χ4v) is 4.58. The second-order valence-corrected chi connectivity index (χ2v) is 7.71. The van der Waals surface area contributed by atoms with Crippen molar-refractivity contribution in [2.24, 2.45) is 0 Å². The van der Waals surface area contributed by atoms with Crippen LogP contribution in [0.25, 0.3) is 11.1 Å². The Morgan fingerprint density at radius 1 is 0.667 bits per heavy atom. The zero-order valence-electron chi connectivity index (χ0n) is 14.6. The number of fused-ring (bicyclic) bond motifs is 4. The van der Waals surface area contributed by atoms with Crippen molar-refractivity contribution < 1.29 is 0 Å². The minimum atomic E-state index is -0.0483. The molecule has 0 N–H and O–H groups in total. The lowest BCUT2D eigenvalue weighted by molar-refractivity contribution is 0.703. The Hall–Kier alpha value is -2.34. The van der Waals surface area contributed by atoms with Crippen molar-refractivity contribution in [2.75, 3.05) is 0 Å². The molecule has 3 aromatic rings. The maximum absolute atomic E-state index is 2.46. The molecule has 24 heavy (non-hydrogen) atoms. The van der Waals surface area contributed by atoms with Crippen molar-refractivity contribution in [3.8, 4) is 11.1 Å². The van der Waals surface area contributed by atoms with Gasteiger partial charge in [0.15, 0.2) is 0 Å². The number of hydrogen-bond acceptors (Lipinski definition) is 0. The molecule has 0 unspecified atom stereocenters. The van der Waals surface area contributed by atoms with Gasteiger partial charge in [-0.3, -0.25) is 0 Å². The van der Waals surface area contributed by atoms with E-state index in [-0.39, 0.29) is 5.41 Å². The fourth-order valence-electron chi connectivity index (χ4n) is 4.58. The molecule has 0 amide bonds. The number of aryl methyl sites for hydroxylation is 4. The van der Waals surface area contributed by atoms with Crippen LogP contribution < -0.4 is 0 Å². The molecule has 0 fully saturated rings. The van der Waals surface area contributed by atoms with Crippen LogP contribution in [0, 0.1) is 13.8 Å². The highest BCUT2D eigenvalue weighted by atomic mass is 14.4. The van der Waals surface area contributed by atoms with E-state index >= 15 is 0 Å². The van der Waals surface area contributed by atoms with E-state index in [1.807, 2.05) is 0 Å². The van der Waals surface area contributed by atoms with Gasteiger partial charge >= 0.3 is 0 Å². The van der Waals surface area contributed by atoms with Gasteiger partial charge in [0.2, 0.25) is 0 Å². The zero-order valence-corrected chi connectivity index (χ0v) is 14.6. The van der Waals surface area contributed by atoms with Crippen LogP contribution in [-0.2, 0) is 18.3 Å². The van der Waals surface area contributed by atoms with Gasteiger partial charge in [-0.15, -0.1) is 0 Å². The minimum absolute atomic E-state index is 0.0483. The molecule has 0 aromatic heterocycles. The first-order chi connectivity index (χ1) is 11.6. The van der Waals surface area contributed by atoms with Gasteiger partial charge in [0, 0.05) is 5.41 Å². The van der Waals surface area contributed by atoms with Gasteiger partial charge in [-0.25, -0.2) is 0 Å². The van der Waals surface area contributed by atoms with Crippen LogP contribution in [0.3, 0.4) is 0 Å². The Morgan fingerprint density at radius 2 is 1.25 bits per heavy atom. The quantitative estimate of drug-likeness (QED) is 0.538. The molecular weight excluding hydrogens is 288 g/mol. The number of benzene rings is 3. The van der Waals surface area contributed by atoms with Crippen LogP contribution in [-0.4, -0.2) is 0 Å². The SMILES string of the molecule is Cc1ccc2c(c1)C(C)(c1ccc3c(c1)CC3)c1cc(C)ccc1-2. The molecule has 0 aliphatic heterocycles. The summed E-state index contributed by atoms with van der Waals surface area (Å²) in [5.74, 6) is 0. The van der Waals surface area contributed by atoms with E-state index < -0.39 is 0 Å². The molecule has 5 rings (SSSR count). The second-order valence-electron chi connectivity index (χ2n) is 7.71. The highest BCUT2D eigenvalue weighted by Gasteiger charge is 2.41. The summed E-state index contributed by atoms with van der Waals surface area (Å²) >= 11 is 0. The molecule has 0 atom stereocenters. The van der Waals surface area contributed by atoms with Crippen molar-refractivity contribution in [2.45, 2.75) is 39.0 Å². The smallest absolute Gasteiger partial charge is 0.0435 e. The van der Waals surface area contributed by atoms with E-state index in [9.17, 15) is 0 Å². The van der Waals surface area contributed by atoms with Crippen LogP contribution >= 0.6 is 0 Å². The predicted octanol–water partition coefficient (Wildman–Crippen LogP) is 5.74. The molecule has 0 heterocycles. The van der Waals surface area contributed by atoms with E-state index in [0.29, 0.717) is 0 Å². The van der Waals surface area contributed by atoms with E-state index in [2.05, 4.69) is 75.4 Å². The predicted molar refractivity (Wildman–Crippen MR) is 101 cm³/mol. The lowest BCUT2D eigenvalue weighted by atomic mass is 9.72. The van der Waals surface area contributed by atoms with Crippen LogP contribution in [0.4, 0.5) is 0 Å². The van der Waals surface area contributed by atoms with Gasteiger partial charge in [0.25, 0.3) is 0 Å². The first-order valence-electron chi connectivity index (χ1n) is 8.92. The Morgan fingerprint density at radius 3 is 1.75 bits per heavy atom. The molecule has 0 nitrogen and oxygen atoms in total. The summed E-state index contributed by atoms with van der Waals surface area (Å²) in [6.07, 6.45) is 2.48. The normalized spacial score (nSPS) is 16.1. The summed E-state index contributed by atoms with van der Waals surface area (Å²) < 4.78 is 0. The Balaban J connectivity index is 1.85. The van der Waals surface area contributed by atoms with Crippen LogP contribution in [0.5, 0.6) is 0 Å². The molecule has 0 heteroatoms. The molecule has 0 bridgehead atoms. The van der Waals surface area contributed by atoms with E-state index in [0.717, 1.165) is 0 Å². The number of hydrogen-bond donors (Lipinski definition) is 0. The van der Waals surface area contributed by atoms with Crippen LogP contribution in [0.15, 0.2) is 54.6 Å². The van der Waals surface area contributed by atoms with E-state index in [1.165, 1.54) is 57.3 Å². The summed E-state index contributed by atoms with van der Waals surface area (Å²) in [6, 6.07) is 21.1. The lowest BCUT2D eigenvalue weighted by Gasteiger charge is -2.31. The summed E-state index contributed by atoms with van der Waals surface area (Å²) in [4.78, 5) is 0. The topological polar surface area (TPSA) is 0 Å². The molecule has 0 radical (unpaired) electrons. The van der Waals surface area contributed by atoms with Gasteiger partial charge in [-0.1, -0.05) is 65.7 Å². The first-order valence-corrected chi connectivity index (χ1v) is 8.92. The van der Waals surface area contributed by atoms with Crippen molar-refractivity contribution in [3.05, 3.63) is 93.5 Å². The minimum Gasteiger partial charge on any atom is -0.0587 e. The highest BCUT2D eigenvalue weighted by molar-refractivity contribution is 5.83. The summed E-state index contributed by atoms with van der Waals surface area (Å²) in [6.45, 7) is 6.82. The van der Waals surface area contributed by atoms with Gasteiger partial charge < -0.3 is 0 Å². The zero-order chi connectivity index (χ0) is 16.5. The summed E-state index contributed by atoms with van der Waals surface area (Å²) in [5, 5.41) is 0. The van der Waals surface area contributed by atoms with Crippen molar-refractivity contribution >= 4 is 0 Å². The van der Waals surface area contributed by atoms with Crippen molar-refractivity contribution in [1.29, 1.82) is 0 Å². The molecule has 2 aliphatic rings. The monoisotopic (exact) mass is 310 g/mol. The Labute approximate surface area is 144 Å². The molecule has 0 spiro atoms. The van der Waals surface area contributed by atoms with Crippen LogP contribution in [0.2, 0.25) is 0 Å². The Kier molecular flexibility index (Phi) is 2.69. The third-order valence-corrected chi connectivity index (χ3v) is 6.16. The second kappa shape index (κ2) is 4.60. The standard InChI is InChI=1S/C24H22/c1-15-4-10-20-21-11-5-16(2)13-23(21)24(3,22(20)12-15)19-9-8-17-6-7-18(17)14-19/h4-5,8-14H,6-7H2,1-3H3. The largest absolute Gasteiger partial charge is 0.0587 e. The van der Waals surface area contributed by atoms with Gasteiger partial charge in [-0.2, -0.15) is 0 Å². The average molecular weight is 310 g/mol. The highest BCUT2D eigenvalue weighted by Crippen LogP contribution is 2.53. The lowest BCUT2D eigenvalue weighted by Crippen LogP contribution is -2.24. The van der Waals surface area contributed by atoms with Crippen molar-refractivity contribution in [3.63, 3.8) is 0 Å². The van der Waals surface area contributed by atoms with Crippen LogP contribution in [0.1, 0.15) is 45.9 Å². The first kappa shape index (κ1) is 14.0. The third-order valence-electron chi connectivity index (χ3n) is 6.16. The summed E-state index contributed by atoms with van der Waals surface area (Å²) in [5.41, 5.74) is 12.9. The Bertz CT molecular complexity index is 939. The molecule has 118 valence electrons. The molecule has 2 aliphatic carbocycles.